The van der Waals surface area contributed by atoms with E-state index in [-0.39, 0.29) is 11.9 Å². The summed E-state index contributed by atoms with van der Waals surface area (Å²) in [7, 11) is 3.58. The summed E-state index contributed by atoms with van der Waals surface area (Å²) in [5.41, 5.74) is 3.29. The summed E-state index contributed by atoms with van der Waals surface area (Å²) in [5.74, 6) is 1.48. The quantitative estimate of drug-likeness (QED) is 0.887. The maximum atomic E-state index is 12.2. The second kappa shape index (κ2) is 7.07. The highest BCUT2D eigenvalue weighted by Gasteiger charge is 2.31. The zero-order chi connectivity index (χ0) is 17.1. The summed E-state index contributed by atoms with van der Waals surface area (Å²) < 4.78 is 7.08. The molecule has 3 rings (SSSR count). The minimum absolute atomic E-state index is 0.0785. The van der Waals surface area contributed by atoms with Crippen molar-refractivity contribution in [1.29, 1.82) is 0 Å². The van der Waals surface area contributed by atoms with Gasteiger partial charge >= 0.3 is 0 Å². The molecule has 0 radical (unpaired) electrons. The Labute approximate surface area is 143 Å². The number of nitrogens with zero attached hydrogens (tertiary/aromatic N) is 2. The van der Waals surface area contributed by atoms with E-state index in [2.05, 4.69) is 29.5 Å². The van der Waals surface area contributed by atoms with Crippen LogP contribution in [0, 0.1) is 0 Å². The molecule has 0 atom stereocenters. The number of carbonyl (C=O) groups is 1. The van der Waals surface area contributed by atoms with Gasteiger partial charge in [-0.2, -0.15) is 5.10 Å². The van der Waals surface area contributed by atoms with Crippen molar-refractivity contribution in [3.63, 3.8) is 0 Å². The molecule has 0 saturated heterocycles. The molecule has 1 aliphatic rings. The van der Waals surface area contributed by atoms with Crippen molar-refractivity contribution < 1.29 is 9.53 Å². The summed E-state index contributed by atoms with van der Waals surface area (Å²) in [6.07, 6.45) is 3.26. The van der Waals surface area contributed by atoms with Gasteiger partial charge in [0.15, 0.2) is 0 Å². The topological polar surface area (TPSA) is 56.1 Å². The Morgan fingerprint density at radius 3 is 2.83 bits per heavy atom. The fraction of sp³-hybridized carbons (Fsp3) is 0.474. The molecule has 5 nitrogen and oxygen atoms in total. The van der Waals surface area contributed by atoms with E-state index in [1.54, 1.807) is 11.8 Å². The van der Waals surface area contributed by atoms with E-state index < -0.39 is 0 Å². The maximum Gasteiger partial charge on any atom is 0.226 e. The lowest BCUT2D eigenvalue weighted by atomic mass is 9.76. The van der Waals surface area contributed by atoms with Gasteiger partial charge in [-0.1, -0.05) is 19.1 Å². The standard InChI is InChI=1S/C19H25N3O2/c1-4-15-11-17(22(2)21-15)12-19(23)20-16-8-14(9-16)13-6-5-7-18(10-13)24-3/h5-7,10-11,14,16H,4,8-9,12H2,1-3H3,(H,20,23). The Balaban J connectivity index is 1.49. The summed E-state index contributed by atoms with van der Waals surface area (Å²) in [5, 5.41) is 7.52. The van der Waals surface area contributed by atoms with Crippen LogP contribution < -0.4 is 10.1 Å². The Morgan fingerprint density at radius 1 is 1.38 bits per heavy atom. The third-order valence-corrected chi connectivity index (χ3v) is 4.80. The fourth-order valence-corrected chi connectivity index (χ4v) is 3.26. The molecule has 1 N–H and O–H groups in total. The number of methoxy groups -OCH3 is 1. The number of rotatable bonds is 6. The molecule has 0 spiro atoms. The van der Waals surface area contributed by atoms with Gasteiger partial charge in [-0.3, -0.25) is 9.48 Å². The largest absolute Gasteiger partial charge is 0.497 e. The predicted octanol–water partition coefficient (Wildman–Crippen LogP) is 2.60. The molecule has 1 amide bonds. The predicted molar refractivity (Wildman–Crippen MR) is 93.2 cm³/mol. The molecule has 0 aliphatic heterocycles. The first-order valence-corrected chi connectivity index (χ1v) is 8.54. The van der Waals surface area contributed by atoms with Gasteiger partial charge < -0.3 is 10.1 Å². The van der Waals surface area contributed by atoms with Crippen molar-refractivity contribution in [3.8, 4) is 5.75 Å². The van der Waals surface area contributed by atoms with Crippen molar-refractivity contribution in [3.05, 3.63) is 47.3 Å². The number of amides is 1. The number of aromatic nitrogens is 2. The van der Waals surface area contributed by atoms with Gasteiger partial charge in [0.25, 0.3) is 0 Å². The van der Waals surface area contributed by atoms with Crippen LogP contribution in [0.1, 0.15) is 42.6 Å². The molecule has 5 heteroatoms. The molecule has 1 aliphatic carbocycles. The average molecular weight is 327 g/mol. The van der Waals surface area contributed by atoms with Gasteiger partial charge in [0.1, 0.15) is 5.75 Å². The van der Waals surface area contributed by atoms with Crippen molar-refractivity contribution in [2.24, 2.45) is 7.05 Å². The second-order valence-corrected chi connectivity index (χ2v) is 6.49. The lowest BCUT2D eigenvalue weighted by Crippen LogP contribution is -2.44. The van der Waals surface area contributed by atoms with Crippen LogP contribution in [0.25, 0.3) is 0 Å². The number of benzene rings is 1. The highest BCUT2D eigenvalue weighted by atomic mass is 16.5. The van der Waals surface area contributed by atoms with Crippen LogP contribution in [0.3, 0.4) is 0 Å². The van der Waals surface area contributed by atoms with Gasteiger partial charge in [0.05, 0.1) is 19.2 Å². The minimum Gasteiger partial charge on any atom is -0.497 e. The van der Waals surface area contributed by atoms with Crippen LogP contribution in [-0.2, 0) is 24.7 Å². The summed E-state index contributed by atoms with van der Waals surface area (Å²) in [6, 6.07) is 10.5. The lowest BCUT2D eigenvalue weighted by Gasteiger charge is -2.36. The van der Waals surface area contributed by atoms with E-state index in [4.69, 9.17) is 4.74 Å². The molecule has 0 unspecified atom stereocenters. The smallest absolute Gasteiger partial charge is 0.226 e. The van der Waals surface area contributed by atoms with Gasteiger partial charge in [-0.15, -0.1) is 0 Å². The molecule has 128 valence electrons. The zero-order valence-corrected chi connectivity index (χ0v) is 14.6. The SMILES string of the molecule is CCc1cc(CC(=O)NC2CC(c3cccc(OC)c3)C2)n(C)n1. The number of nitrogens with one attached hydrogen (secondary N) is 1. The van der Waals surface area contributed by atoms with E-state index >= 15 is 0 Å². The monoisotopic (exact) mass is 327 g/mol. The van der Waals surface area contributed by atoms with E-state index in [1.807, 2.05) is 25.2 Å². The van der Waals surface area contributed by atoms with E-state index in [1.165, 1.54) is 5.56 Å². The van der Waals surface area contributed by atoms with E-state index in [9.17, 15) is 4.79 Å². The van der Waals surface area contributed by atoms with Crippen LogP contribution in [0.2, 0.25) is 0 Å². The molecule has 1 heterocycles. The van der Waals surface area contributed by atoms with Crippen LogP contribution >= 0.6 is 0 Å². The fourth-order valence-electron chi connectivity index (χ4n) is 3.26. The van der Waals surface area contributed by atoms with Crippen LogP contribution in [0.4, 0.5) is 0 Å². The molecule has 1 fully saturated rings. The molecule has 1 aromatic carbocycles. The first-order valence-electron chi connectivity index (χ1n) is 8.54. The minimum atomic E-state index is 0.0785. The van der Waals surface area contributed by atoms with Crippen molar-refractivity contribution in [2.75, 3.05) is 7.11 Å². The maximum absolute atomic E-state index is 12.2. The average Bonchev–Trinajstić information content (AvgIpc) is 2.90. The van der Waals surface area contributed by atoms with Crippen LogP contribution in [0.5, 0.6) is 5.75 Å². The highest BCUT2D eigenvalue weighted by Crippen LogP contribution is 2.37. The summed E-state index contributed by atoms with van der Waals surface area (Å²) in [6.45, 7) is 2.07. The number of hydrogen-bond acceptors (Lipinski definition) is 3. The van der Waals surface area contributed by atoms with Gasteiger partial charge in [-0.25, -0.2) is 0 Å². The molecule has 24 heavy (non-hydrogen) atoms. The van der Waals surface area contributed by atoms with Gasteiger partial charge in [-0.05, 0) is 48.9 Å². The first kappa shape index (κ1) is 16.6. The summed E-state index contributed by atoms with van der Waals surface area (Å²) >= 11 is 0. The third kappa shape index (κ3) is 3.61. The second-order valence-electron chi connectivity index (χ2n) is 6.49. The number of carbonyl (C=O) groups excluding carboxylic acids is 1. The number of aryl methyl sites for hydroxylation is 2. The van der Waals surface area contributed by atoms with Gasteiger partial charge in [0.2, 0.25) is 5.91 Å². The Morgan fingerprint density at radius 2 is 2.17 bits per heavy atom. The highest BCUT2D eigenvalue weighted by molar-refractivity contribution is 5.78. The number of hydrogen-bond donors (Lipinski definition) is 1. The third-order valence-electron chi connectivity index (χ3n) is 4.80. The van der Waals surface area contributed by atoms with Crippen LogP contribution in [0.15, 0.2) is 30.3 Å². The molecular formula is C19H25N3O2. The van der Waals surface area contributed by atoms with E-state index in [0.717, 1.165) is 36.4 Å². The lowest BCUT2D eigenvalue weighted by molar-refractivity contribution is -0.121. The van der Waals surface area contributed by atoms with Crippen molar-refractivity contribution >= 4 is 5.91 Å². The van der Waals surface area contributed by atoms with Crippen LogP contribution in [-0.4, -0.2) is 28.8 Å². The van der Waals surface area contributed by atoms with Crippen molar-refractivity contribution in [2.45, 2.75) is 44.6 Å². The van der Waals surface area contributed by atoms with Gasteiger partial charge in [0, 0.05) is 18.8 Å². The Hall–Kier alpha value is -2.30. The Bertz CT molecular complexity index is 717. The molecular weight excluding hydrogens is 302 g/mol. The van der Waals surface area contributed by atoms with Crippen molar-refractivity contribution in [1.82, 2.24) is 15.1 Å². The first-order chi connectivity index (χ1) is 11.6. The molecule has 1 aromatic heterocycles. The molecule has 1 saturated carbocycles. The van der Waals surface area contributed by atoms with E-state index in [0.29, 0.717) is 12.3 Å². The Kier molecular flexibility index (Phi) is 4.88. The molecule has 2 aromatic rings. The zero-order valence-electron chi connectivity index (χ0n) is 14.6. The summed E-state index contributed by atoms with van der Waals surface area (Å²) in [4.78, 5) is 12.2. The number of ether oxygens (including phenoxy) is 1. The normalized spacial score (nSPS) is 19.6. The molecule has 0 bridgehead atoms.